The highest BCUT2D eigenvalue weighted by atomic mass is 35.5. The van der Waals surface area contributed by atoms with Gasteiger partial charge in [0.15, 0.2) is 11.5 Å². The summed E-state index contributed by atoms with van der Waals surface area (Å²) in [6.07, 6.45) is 3.66. The van der Waals surface area contributed by atoms with Crippen LogP contribution in [-0.2, 0) is 6.54 Å². The Kier molecular flexibility index (Phi) is 8.52. The Morgan fingerprint density at radius 2 is 1.65 bits per heavy atom. The van der Waals surface area contributed by atoms with Crippen molar-refractivity contribution in [1.29, 1.82) is 0 Å². The maximum atomic E-state index is 5.53. The molecule has 23 heavy (non-hydrogen) atoms. The average Bonchev–Trinajstić information content (AvgIpc) is 2.83. The van der Waals surface area contributed by atoms with Crippen LogP contribution in [-0.4, -0.2) is 52.4 Å². The maximum Gasteiger partial charge on any atom is 0.164 e. The summed E-state index contributed by atoms with van der Waals surface area (Å²) in [6.45, 7) is 3.07. The molecule has 1 aliphatic rings. The first kappa shape index (κ1) is 19.9. The zero-order chi connectivity index (χ0) is 15.9. The highest BCUT2D eigenvalue weighted by Gasteiger charge is 2.19. The Morgan fingerprint density at radius 1 is 1.00 bits per heavy atom. The van der Waals surface area contributed by atoms with Gasteiger partial charge in [-0.15, -0.1) is 12.4 Å². The normalized spacial score (nSPS) is 18.0. The van der Waals surface area contributed by atoms with Crippen LogP contribution in [0.25, 0.3) is 0 Å². The minimum absolute atomic E-state index is 0. The average molecular weight is 345 g/mol. The second-order valence-corrected chi connectivity index (χ2v) is 5.77. The standard InChI is InChI=1S/C17H28N2O3.ClH/c1-19(14-6-5-8-18-9-7-14)12-13-10-16(21-3)17(22-4)11-15(13)20-2;/h10-11,14,18H,5-9,12H2,1-4H3;1H. The highest BCUT2D eigenvalue weighted by molar-refractivity contribution is 5.85. The molecule has 2 rings (SSSR count). The number of methoxy groups -OCH3 is 3. The van der Waals surface area contributed by atoms with Gasteiger partial charge in [0.05, 0.1) is 21.3 Å². The summed E-state index contributed by atoms with van der Waals surface area (Å²) in [5, 5.41) is 3.46. The fraction of sp³-hybridized carbons (Fsp3) is 0.647. The minimum atomic E-state index is 0. The summed E-state index contributed by atoms with van der Waals surface area (Å²) in [6, 6.07) is 4.52. The molecule has 0 amide bonds. The number of hydrogen-bond donors (Lipinski definition) is 1. The quantitative estimate of drug-likeness (QED) is 0.859. The van der Waals surface area contributed by atoms with E-state index in [9.17, 15) is 0 Å². The van der Waals surface area contributed by atoms with Gasteiger partial charge in [-0.1, -0.05) is 0 Å². The van der Waals surface area contributed by atoms with E-state index in [4.69, 9.17) is 14.2 Å². The zero-order valence-electron chi connectivity index (χ0n) is 14.6. The van der Waals surface area contributed by atoms with Crippen LogP contribution in [0.3, 0.4) is 0 Å². The van der Waals surface area contributed by atoms with Gasteiger partial charge in [0, 0.05) is 24.2 Å². The number of benzene rings is 1. The third-order valence-corrected chi connectivity index (χ3v) is 4.37. The van der Waals surface area contributed by atoms with Gasteiger partial charge in [-0.3, -0.25) is 4.90 Å². The maximum absolute atomic E-state index is 5.53. The third kappa shape index (κ3) is 5.16. The van der Waals surface area contributed by atoms with E-state index >= 15 is 0 Å². The second-order valence-electron chi connectivity index (χ2n) is 5.77. The van der Waals surface area contributed by atoms with Crippen LogP contribution in [0.4, 0.5) is 0 Å². The molecule has 0 saturated carbocycles. The first-order chi connectivity index (χ1) is 10.7. The molecule has 1 atom stereocenters. The van der Waals surface area contributed by atoms with Crippen LogP contribution in [0.1, 0.15) is 24.8 Å². The summed E-state index contributed by atoms with van der Waals surface area (Å²) in [5.41, 5.74) is 1.12. The fourth-order valence-corrected chi connectivity index (χ4v) is 3.06. The lowest BCUT2D eigenvalue weighted by Crippen LogP contribution is -2.32. The van der Waals surface area contributed by atoms with Crippen LogP contribution < -0.4 is 19.5 Å². The molecule has 6 heteroatoms. The predicted molar refractivity (Wildman–Crippen MR) is 95.3 cm³/mol. The number of nitrogens with one attached hydrogen (secondary N) is 1. The van der Waals surface area contributed by atoms with Gasteiger partial charge < -0.3 is 19.5 Å². The van der Waals surface area contributed by atoms with Crippen molar-refractivity contribution in [2.75, 3.05) is 41.5 Å². The Hall–Kier alpha value is -1.17. The summed E-state index contributed by atoms with van der Waals surface area (Å²) < 4.78 is 16.3. The van der Waals surface area contributed by atoms with E-state index in [1.807, 2.05) is 12.1 Å². The lowest BCUT2D eigenvalue weighted by atomic mass is 10.1. The van der Waals surface area contributed by atoms with Crippen LogP contribution in [0, 0.1) is 0 Å². The minimum Gasteiger partial charge on any atom is -0.496 e. The van der Waals surface area contributed by atoms with Crippen molar-refractivity contribution in [2.24, 2.45) is 0 Å². The van der Waals surface area contributed by atoms with Crippen molar-refractivity contribution in [3.63, 3.8) is 0 Å². The summed E-state index contributed by atoms with van der Waals surface area (Å²) >= 11 is 0. The third-order valence-electron chi connectivity index (χ3n) is 4.37. The molecule has 5 nitrogen and oxygen atoms in total. The van der Waals surface area contributed by atoms with Gasteiger partial charge in [-0.25, -0.2) is 0 Å². The first-order valence-electron chi connectivity index (χ1n) is 7.89. The molecule has 0 bridgehead atoms. The molecular formula is C17H29ClN2O3. The number of hydrogen-bond acceptors (Lipinski definition) is 5. The summed E-state index contributed by atoms with van der Waals surface area (Å²) in [7, 11) is 7.18. The molecule has 1 aliphatic heterocycles. The van der Waals surface area contributed by atoms with Crippen molar-refractivity contribution in [1.82, 2.24) is 10.2 Å². The Balaban J connectivity index is 0.00000264. The lowest BCUT2D eigenvalue weighted by molar-refractivity contribution is 0.213. The van der Waals surface area contributed by atoms with E-state index in [1.165, 1.54) is 19.3 Å². The van der Waals surface area contributed by atoms with Crippen molar-refractivity contribution in [3.8, 4) is 17.2 Å². The number of rotatable bonds is 6. The van der Waals surface area contributed by atoms with E-state index < -0.39 is 0 Å². The van der Waals surface area contributed by atoms with Crippen LogP contribution in [0.2, 0.25) is 0 Å². The molecule has 1 unspecified atom stereocenters. The monoisotopic (exact) mass is 344 g/mol. The molecule has 0 radical (unpaired) electrons. The topological polar surface area (TPSA) is 43.0 Å². The van der Waals surface area contributed by atoms with E-state index in [1.54, 1.807) is 21.3 Å². The smallest absolute Gasteiger partial charge is 0.164 e. The Bertz CT molecular complexity index is 477. The second kappa shape index (κ2) is 9.85. The van der Waals surface area contributed by atoms with Crippen molar-refractivity contribution in [2.45, 2.75) is 31.8 Å². The van der Waals surface area contributed by atoms with Crippen molar-refractivity contribution in [3.05, 3.63) is 17.7 Å². The SMILES string of the molecule is COc1cc(OC)c(OC)cc1CN(C)C1CCCNCC1.Cl. The Morgan fingerprint density at radius 3 is 2.30 bits per heavy atom. The number of ether oxygens (including phenoxy) is 3. The number of nitrogens with zero attached hydrogens (tertiary/aromatic N) is 1. The molecule has 132 valence electrons. The molecular weight excluding hydrogens is 316 g/mol. The summed E-state index contributed by atoms with van der Waals surface area (Å²) in [5.74, 6) is 2.29. The van der Waals surface area contributed by atoms with Crippen molar-refractivity contribution >= 4 is 12.4 Å². The van der Waals surface area contributed by atoms with Crippen molar-refractivity contribution < 1.29 is 14.2 Å². The highest BCUT2D eigenvalue weighted by Crippen LogP contribution is 2.35. The van der Waals surface area contributed by atoms with Gasteiger partial charge >= 0.3 is 0 Å². The molecule has 1 saturated heterocycles. The largest absolute Gasteiger partial charge is 0.496 e. The van der Waals surface area contributed by atoms with E-state index in [0.29, 0.717) is 11.8 Å². The van der Waals surface area contributed by atoms with Gasteiger partial charge in [-0.05, 0) is 45.5 Å². The summed E-state index contributed by atoms with van der Waals surface area (Å²) in [4.78, 5) is 2.41. The van der Waals surface area contributed by atoms with Gasteiger partial charge in [-0.2, -0.15) is 0 Å². The molecule has 1 heterocycles. The molecule has 1 fully saturated rings. The van der Waals surface area contributed by atoms with E-state index in [0.717, 1.165) is 36.7 Å². The molecule has 0 aromatic heterocycles. The Labute approximate surface area is 145 Å². The van der Waals surface area contributed by atoms with E-state index in [2.05, 4.69) is 17.3 Å². The number of halogens is 1. The van der Waals surface area contributed by atoms with Gasteiger partial charge in [0.1, 0.15) is 5.75 Å². The fourth-order valence-electron chi connectivity index (χ4n) is 3.06. The van der Waals surface area contributed by atoms with Gasteiger partial charge in [0.25, 0.3) is 0 Å². The zero-order valence-corrected chi connectivity index (χ0v) is 15.4. The first-order valence-corrected chi connectivity index (χ1v) is 7.89. The molecule has 1 N–H and O–H groups in total. The van der Waals surface area contributed by atoms with Gasteiger partial charge in [0.2, 0.25) is 0 Å². The molecule has 0 aliphatic carbocycles. The lowest BCUT2D eigenvalue weighted by Gasteiger charge is -2.27. The van der Waals surface area contributed by atoms with E-state index in [-0.39, 0.29) is 12.4 Å². The van der Waals surface area contributed by atoms with Crippen LogP contribution in [0.5, 0.6) is 17.2 Å². The molecule has 1 aromatic rings. The van der Waals surface area contributed by atoms with Crippen LogP contribution >= 0.6 is 12.4 Å². The van der Waals surface area contributed by atoms with Crippen LogP contribution in [0.15, 0.2) is 12.1 Å². The predicted octanol–water partition coefficient (Wildman–Crippen LogP) is 2.71. The molecule has 1 aromatic carbocycles. The molecule has 0 spiro atoms.